The molecule has 0 saturated carbocycles. The van der Waals surface area contributed by atoms with Crippen molar-refractivity contribution in [3.63, 3.8) is 0 Å². The van der Waals surface area contributed by atoms with Gasteiger partial charge in [0.2, 0.25) is 0 Å². The van der Waals surface area contributed by atoms with Crippen LogP contribution in [0.15, 0.2) is 18.2 Å². The maximum atomic E-state index is 11.9. The van der Waals surface area contributed by atoms with Crippen LogP contribution in [0.4, 0.5) is 22.0 Å². The van der Waals surface area contributed by atoms with Crippen molar-refractivity contribution < 1.29 is 4.79 Å². The van der Waals surface area contributed by atoms with Gasteiger partial charge in [-0.05, 0) is 25.1 Å². The van der Waals surface area contributed by atoms with Gasteiger partial charge in [-0.3, -0.25) is 10.00 Å². The third-order valence-corrected chi connectivity index (χ3v) is 3.42. The molecule has 0 fully saturated rings. The van der Waals surface area contributed by atoms with Gasteiger partial charge < -0.3 is 11.1 Å². The normalized spacial score (nSPS) is 10.4. The Labute approximate surface area is 125 Å². The molecule has 0 saturated heterocycles. The van der Waals surface area contributed by atoms with E-state index in [4.69, 9.17) is 28.9 Å². The average Bonchev–Trinajstić information content (AvgIpc) is 2.61. The second-order valence-electron chi connectivity index (χ2n) is 4.18. The molecule has 20 heavy (non-hydrogen) atoms. The highest BCUT2D eigenvalue weighted by Gasteiger charge is 2.13. The lowest BCUT2D eigenvalue weighted by Gasteiger charge is -2.09. The second-order valence-corrected chi connectivity index (χ2v) is 4.99. The van der Waals surface area contributed by atoms with Gasteiger partial charge in [-0.1, -0.05) is 23.2 Å². The fourth-order valence-electron chi connectivity index (χ4n) is 1.67. The Morgan fingerprint density at radius 2 is 2.00 bits per heavy atom. The zero-order valence-corrected chi connectivity index (χ0v) is 12.4. The van der Waals surface area contributed by atoms with E-state index in [-0.39, 0.29) is 0 Å². The smallest absolute Gasteiger partial charge is 0.324 e. The first-order valence-corrected chi connectivity index (χ1v) is 6.46. The topological polar surface area (TPSA) is 85.0 Å². The number of hydrogen-bond acceptors (Lipinski definition) is 3. The van der Waals surface area contributed by atoms with Gasteiger partial charge in [0.15, 0.2) is 5.82 Å². The molecule has 0 aliphatic heterocycles. The molecule has 2 amide bonds. The van der Waals surface area contributed by atoms with Crippen molar-refractivity contribution in [3.8, 4) is 0 Å². The summed E-state index contributed by atoms with van der Waals surface area (Å²) in [5.74, 6) is 0.431. The van der Waals surface area contributed by atoms with E-state index in [1.165, 1.54) is 4.68 Å². The van der Waals surface area contributed by atoms with Crippen LogP contribution in [0.25, 0.3) is 0 Å². The molecule has 0 bridgehead atoms. The molecule has 106 valence electrons. The van der Waals surface area contributed by atoms with Crippen LogP contribution in [0.1, 0.15) is 5.69 Å². The van der Waals surface area contributed by atoms with Gasteiger partial charge in [0.05, 0.1) is 21.4 Å². The Balaban J connectivity index is 2.11. The van der Waals surface area contributed by atoms with E-state index >= 15 is 0 Å². The summed E-state index contributed by atoms with van der Waals surface area (Å²) in [7, 11) is 1.69. The summed E-state index contributed by atoms with van der Waals surface area (Å²) < 4.78 is 1.50. The maximum Gasteiger partial charge on any atom is 0.324 e. The van der Waals surface area contributed by atoms with Gasteiger partial charge in [0.1, 0.15) is 0 Å². The summed E-state index contributed by atoms with van der Waals surface area (Å²) in [6.45, 7) is 1.76. The molecule has 0 unspecified atom stereocenters. The number of benzene rings is 1. The molecule has 0 radical (unpaired) electrons. The standard InChI is InChI=1S/C12H13Cl2N5O/c1-6-10(15)11(19(2)18-6)17-12(20)16-7-3-4-8(13)9(14)5-7/h3-5H,15H2,1-2H3,(H2,16,17,20). The van der Waals surface area contributed by atoms with Crippen molar-refractivity contribution >= 4 is 46.4 Å². The molecule has 1 aromatic carbocycles. The fourth-order valence-corrected chi connectivity index (χ4v) is 1.96. The van der Waals surface area contributed by atoms with E-state index in [0.29, 0.717) is 32.9 Å². The molecule has 2 rings (SSSR count). The van der Waals surface area contributed by atoms with Crippen molar-refractivity contribution in [1.82, 2.24) is 9.78 Å². The average molecular weight is 314 g/mol. The highest BCUT2D eigenvalue weighted by atomic mass is 35.5. The minimum absolute atomic E-state index is 0.361. The number of aromatic nitrogens is 2. The molecular formula is C12H13Cl2N5O. The SMILES string of the molecule is Cc1nn(C)c(NC(=O)Nc2ccc(Cl)c(Cl)c2)c1N. The molecule has 0 spiro atoms. The number of amides is 2. The molecular weight excluding hydrogens is 301 g/mol. The van der Waals surface area contributed by atoms with Crippen LogP contribution < -0.4 is 16.4 Å². The third kappa shape index (κ3) is 2.97. The Morgan fingerprint density at radius 1 is 1.30 bits per heavy atom. The Morgan fingerprint density at radius 3 is 2.55 bits per heavy atom. The number of nitrogen functional groups attached to an aromatic ring is 1. The number of nitrogens with two attached hydrogens (primary N) is 1. The molecule has 0 aliphatic carbocycles. The highest BCUT2D eigenvalue weighted by molar-refractivity contribution is 6.42. The van der Waals surface area contributed by atoms with Crippen LogP contribution >= 0.6 is 23.2 Å². The first-order chi connectivity index (χ1) is 9.38. The zero-order valence-electron chi connectivity index (χ0n) is 10.9. The number of hydrogen-bond donors (Lipinski definition) is 3. The van der Waals surface area contributed by atoms with Crippen LogP contribution in [-0.2, 0) is 7.05 Å². The first kappa shape index (κ1) is 14.5. The van der Waals surface area contributed by atoms with Crippen molar-refractivity contribution in [2.24, 2.45) is 7.05 Å². The first-order valence-electron chi connectivity index (χ1n) is 5.70. The molecule has 4 N–H and O–H groups in total. The molecule has 0 aliphatic rings. The van der Waals surface area contributed by atoms with E-state index in [1.807, 2.05) is 0 Å². The summed E-state index contributed by atoms with van der Waals surface area (Å²) in [4.78, 5) is 11.9. The van der Waals surface area contributed by atoms with Crippen molar-refractivity contribution in [3.05, 3.63) is 33.9 Å². The van der Waals surface area contributed by atoms with Crippen molar-refractivity contribution in [1.29, 1.82) is 0 Å². The van der Waals surface area contributed by atoms with E-state index in [9.17, 15) is 4.79 Å². The number of aryl methyl sites for hydroxylation is 2. The van der Waals surface area contributed by atoms with Crippen LogP contribution in [0.5, 0.6) is 0 Å². The van der Waals surface area contributed by atoms with Crippen LogP contribution in [-0.4, -0.2) is 15.8 Å². The monoisotopic (exact) mass is 313 g/mol. The number of carbonyl (C=O) groups excluding carboxylic acids is 1. The lowest BCUT2D eigenvalue weighted by atomic mass is 10.3. The minimum Gasteiger partial charge on any atom is -0.394 e. The van der Waals surface area contributed by atoms with E-state index < -0.39 is 6.03 Å². The summed E-state index contributed by atoms with van der Waals surface area (Å²) in [6.07, 6.45) is 0. The number of carbonyl (C=O) groups is 1. The van der Waals surface area contributed by atoms with Gasteiger partial charge in [-0.25, -0.2) is 4.79 Å². The lowest BCUT2D eigenvalue weighted by molar-refractivity contribution is 0.262. The molecule has 8 heteroatoms. The molecule has 6 nitrogen and oxygen atoms in total. The number of anilines is 3. The summed E-state index contributed by atoms with van der Waals surface area (Å²) >= 11 is 11.7. The van der Waals surface area contributed by atoms with Crippen LogP contribution in [0.2, 0.25) is 10.0 Å². The van der Waals surface area contributed by atoms with E-state index in [0.717, 1.165) is 0 Å². The summed E-state index contributed by atoms with van der Waals surface area (Å²) in [5.41, 5.74) is 7.43. The lowest BCUT2D eigenvalue weighted by Crippen LogP contribution is -2.21. The maximum absolute atomic E-state index is 11.9. The predicted molar refractivity (Wildman–Crippen MR) is 81.5 cm³/mol. The largest absolute Gasteiger partial charge is 0.394 e. The quantitative estimate of drug-likeness (QED) is 0.795. The van der Waals surface area contributed by atoms with Gasteiger partial charge in [-0.15, -0.1) is 0 Å². The van der Waals surface area contributed by atoms with Crippen molar-refractivity contribution in [2.75, 3.05) is 16.4 Å². The molecule has 2 aromatic rings. The van der Waals surface area contributed by atoms with Crippen LogP contribution in [0.3, 0.4) is 0 Å². The number of urea groups is 1. The van der Waals surface area contributed by atoms with Crippen LogP contribution in [0, 0.1) is 6.92 Å². The highest BCUT2D eigenvalue weighted by Crippen LogP contribution is 2.25. The minimum atomic E-state index is -0.446. The fraction of sp³-hybridized carbons (Fsp3) is 0.167. The Bertz CT molecular complexity index is 668. The van der Waals surface area contributed by atoms with Crippen molar-refractivity contribution in [2.45, 2.75) is 6.92 Å². The Hall–Kier alpha value is -1.92. The van der Waals surface area contributed by atoms with E-state index in [2.05, 4.69) is 15.7 Å². The van der Waals surface area contributed by atoms with Gasteiger partial charge in [0, 0.05) is 12.7 Å². The molecule has 0 atom stereocenters. The van der Waals surface area contributed by atoms with Gasteiger partial charge in [0.25, 0.3) is 0 Å². The molecule has 1 heterocycles. The zero-order chi connectivity index (χ0) is 14.9. The number of nitrogens with zero attached hydrogens (tertiary/aromatic N) is 2. The number of halogens is 2. The summed E-state index contributed by atoms with van der Waals surface area (Å²) in [5, 5.41) is 10.2. The van der Waals surface area contributed by atoms with Gasteiger partial charge >= 0.3 is 6.03 Å². The third-order valence-electron chi connectivity index (χ3n) is 2.68. The molecule has 1 aromatic heterocycles. The second kappa shape index (κ2) is 5.60. The summed E-state index contributed by atoms with van der Waals surface area (Å²) in [6, 6.07) is 4.35. The number of rotatable bonds is 2. The predicted octanol–water partition coefficient (Wildman–Crippen LogP) is 3.26. The number of nitrogens with one attached hydrogen (secondary N) is 2. The Kier molecular flexibility index (Phi) is 4.06. The van der Waals surface area contributed by atoms with Gasteiger partial charge in [-0.2, -0.15) is 5.10 Å². The van der Waals surface area contributed by atoms with E-state index in [1.54, 1.807) is 32.2 Å².